The van der Waals surface area contributed by atoms with Crippen LogP contribution in [0, 0.1) is 12.8 Å². The number of piperidine rings is 1. The lowest BCUT2D eigenvalue weighted by molar-refractivity contribution is -0.135. The van der Waals surface area contributed by atoms with Crippen LogP contribution in [0.2, 0.25) is 0 Å². The van der Waals surface area contributed by atoms with Crippen LogP contribution >= 0.6 is 11.8 Å². The molecule has 0 bridgehead atoms. The van der Waals surface area contributed by atoms with Gasteiger partial charge in [-0.25, -0.2) is 4.98 Å². The van der Waals surface area contributed by atoms with E-state index >= 15 is 0 Å². The van der Waals surface area contributed by atoms with Gasteiger partial charge in [-0.15, -0.1) is 11.8 Å². The van der Waals surface area contributed by atoms with Crippen LogP contribution < -0.4 is 10.6 Å². The Kier molecular flexibility index (Phi) is 6.03. The number of aromatic nitrogens is 1. The molecule has 2 unspecified atom stereocenters. The molecule has 2 aliphatic rings. The number of thioether (sulfide) groups is 1. The molecule has 2 aliphatic heterocycles. The Hall–Kier alpha value is -2.87. The SMILES string of the molecule is Cc1cccnc1NC(=O)C1CCCN(C(=O)CC2Sc3ccccc3NC2=O)C1. The van der Waals surface area contributed by atoms with Gasteiger partial charge in [-0.3, -0.25) is 14.4 Å². The van der Waals surface area contributed by atoms with Crippen molar-refractivity contribution in [2.24, 2.45) is 5.92 Å². The Morgan fingerprint density at radius 3 is 2.93 bits per heavy atom. The number of pyridine rings is 1. The van der Waals surface area contributed by atoms with E-state index in [0.717, 1.165) is 29.0 Å². The topological polar surface area (TPSA) is 91.4 Å². The van der Waals surface area contributed by atoms with E-state index < -0.39 is 5.25 Å². The van der Waals surface area contributed by atoms with Gasteiger partial charge in [0.05, 0.1) is 16.9 Å². The summed E-state index contributed by atoms with van der Waals surface area (Å²) in [6.45, 7) is 2.87. The molecule has 7 nitrogen and oxygen atoms in total. The van der Waals surface area contributed by atoms with Crippen molar-refractivity contribution in [2.45, 2.75) is 36.3 Å². The largest absolute Gasteiger partial charge is 0.342 e. The molecule has 0 spiro atoms. The minimum Gasteiger partial charge on any atom is -0.342 e. The van der Waals surface area contributed by atoms with Gasteiger partial charge in [0.1, 0.15) is 5.82 Å². The van der Waals surface area contributed by atoms with Crippen LogP contribution in [-0.2, 0) is 14.4 Å². The summed E-state index contributed by atoms with van der Waals surface area (Å²) in [5.41, 5.74) is 1.69. The fourth-order valence-electron chi connectivity index (χ4n) is 3.77. The van der Waals surface area contributed by atoms with E-state index in [1.165, 1.54) is 11.8 Å². The number of benzene rings is 1. The van der Waals surface area contributed by atoms with Crippen LogP contribution in [0.4, 0.5) is 11.5 Å². The second kappa shape index (κ2) is 8.87. The van der Waals surface area contributed by atoms with Crippen LogP contribution in [-0.4, -0.2) is 45.9 Å². The lowest BCUT2D eigenvalue weighted by atomic mass is 9.96. The van der Waals surface area contributed by atoms with E-state index in [1.54, 1.807) is 11.1 Å². The molecule has 2 aromatic rings. The zero-order valence-corrected chi connectivity index (χ0v) is 17.6. The number of nitrogens with one attached hydrogen (secondary N) is 2. The first-order chi connectivity index (χ1) is 14.5. The molecule has 1 aromatic carbocycles. The highest BCUT2D eigenvalue weighted by atomic mass is 32.2. The van der Waals surface area contributed by atoms with Gasteiger partial charge in [-0.05, 0) is 43.5 Å². The Morgan fingerprint density at radius 2 is 2.10 bits per heavy atom. The number of rotatable bonds is 4. The first-order valence-corrected chi connectivity index (χ1v) is 11.0. The van der Waals surface area contributed by atoms with Crippen molar-refractivity contribution in [1.29, 1.82) is 0 Å². The molecule has 8 heteroatoms. The lowest BCUT2D eigenvalue weighted by Gasteiger charge is -2.33. The zero-order valence-electron chi connectivity index (χ0n) is 16.8. The third-order valence-corrected chi connectivity index (χ3v) is 6.74. The van der Waals surface area contributed by atoms with Gasteiger partial charge in [0, 0.05) is 30.6 Å². The molecule has 0 aliphatic carbocycles. The average molecular weight is 425 g/mol. The van der Waals surface area contributed by atoms with Crippen molar-refractivity contribution in [3.05, 3.63) is 48.2 Å². The maximum atomic E-state index is 12.9. The van der Waals surface area contributed by atoms with Gasteiger partial charge in [-0.1, -0.05) is 18.2 Å². The van der Waals surface area contributed by atoms with E-state index in [-0.39, 0.29) is 30.1 Å². The number of fused-ring (bicyclic) bond motifs is 1. The number of likely N-dealkylation sites (tertiary alicyclic amines) is 1. The van der Waals surface area contributed by atoms with E-state index in [4.69, 9.17) is 0 Å². The summed E-state index contributed by atoms with van der Waals surface area (Å²) in [4.78, 5) is 44.9. The maximum absolute atomic E-state index is 12.9. The smallest absolute Gasteiger partial charge is 0.238 e. The predicted octanol–water partition coefficient (Wildman–Crippen LogP) is 3.07. The number of hydrogen-bond acceptors (Lipinski definition) is 5. The molecule has 3 amide bonds. The van der Waals surface area contributed by atoms with Gasteiger partial charge >= 0.3 is 0 Å². The summed E-state index contributed by atoms with van der Waals surface area (Å²) in [6, 6.07) is 11.3. The van der Waals surface area contributed by atoms with Crippen molar-refractivity contribution >= 4 is 41.0 Å². The highest BCUT2D eigenvalue weighted by molar-refractivity contribution is 8.01. The number of para-hydroxylation sites is 1. The molecule has 1 aromatic heterocycles. The highest BCUT2D eigenvalue weighted by Crippen LogP contribution is 2.37. The van der Waals surface area contributed by atoms with Crippen molar-refractivity contribution in [3.63, 3.8) is 0 Å². The number of carbonyl (C=O) groups is 3. The van der Waals surface area contributed by atoms with Gasteiger partial charge in [0.15, 0.2) is 0 Å². The lowest BCUT2D eigenvalue weighted by Crippen LogP contribution is -2.45. The summed E-state index contributed by atoms with van der Waals surface area (Å²) >= 11 is 1.42. The molecule has 0 saturated carbocycles. The first-order valence-electron chi connectivity index (χ1n) is 10.1. The molecule has 1 saturated heterocycles. The van der Waals surface area contributed by atoms with Crippen LogP contribution in [0.5, 0.6) is 0 Å². The van der Waals surface area contributed by atoms with Crippen LogP contribution in [0.25, 0.3) is 0 Å². The summed E-state index contributed by atoms with van der Waals surface area (Å²) in [6.07, 6.45) is 3.26. The third-order valence-electron chi connectivity index (χ3n) is 5.46. The number of anilines is 2. The Morgan fingerprint density at radius 1 is 1.27 bits per heavy atom. The maximum Gasteiger partial charge on any atom is 0.238 e. The average Bonchev–Trinajstić information content (AvgIpc) is 2.76. The standard InChI is InChI=1S/C22H24N4O3S/c1-14-6-4-10-23-20(14)25-21(28)15-7-5-11-26(13-15)19(27)12-18-22(29)24-16-8-2-3-9-17(16)30-18/h2-4,6,8-10,15,18H,5,7,11-13H2,1H3,(H,24,29)(H,23,25,28). The van der Waals surface area contributed by atoms with Crippen molar-refractivity contribution in [1.82, 2.24) is 9.88 Å². The summed E-state index contributed by atoms with van der Waals surface area (Å²) in [5, 5.41) is 5.30. The molecule has 30 heavy (non-hydrogen) atoms. The number of amides is 3. The van der Waals surface area contributed by atoms with E-state index in [1.807, 2.05) is 43.3 Å². The highest BCUT2D eigenvalue weighted by Gasteiger charge is 2.33. The quantitative estimate of drug-likeness (QED) is 0.787. The Balaban J connectivity index is 1.36. The van der Waals surface area contributed by atoms with Gasteiger partial charge < -0.3 is 15.5 Å². The number of nitrogens with zero attached hydrogens (tertiary/aromatic N) is 2. The summed E-state index contributed by atoms with van der Waals surface area (Å²) in [7, 11) is 0. The molecular weight excluding hydrogens is 400 g/mol. The number of carbonyl (C=O) groups excluding carboxylic acids is 3. The molecule has 3 heterocycles. The fourth-order valence-corrected chi connectivity index (χ4v) is 4.87. The zero-order chi connectivity index (χ0) is 21.1. The molecule has 1 fully saturated rings. The van der Waals surface area contributed by atoms with Crippen molar-refractivity contribution < 1.29 is 14.4 Å². The van der Waals surface area contributed by atoms with E-state index in [2.05, 4.69) is 15.6 Å². The molecule has 0 radical (unpaired) electrons. The van der Waals surface area contributed by atoms with Crippen LogP contribution in [0.1, 0.15) is 24.8 Å². The monoisotopic (exact) mass is 424 g/mol. The van der Waals surface area contributed by atoms with Gasteiger partial charge in [0.25, 0.3) is 0 Å². The molecule has 2 N–H and O–H groups in total. The third kappa shape index (κ3) is 4.48. The summed E-state index contributed by atoms with van der Waals surface area (Å²) in [5.74, 6) is -0.0805. The second-order valence-electron chi connectivity index (χ2n) is 7.63. The number of aryl methyl sites for hydroxylation is 1. The van der Waals surface area contributed by atoms with Crippen LogP contribution in [0.15, 0.2) is 47.5 Å². The van der Waals surface area contributed by atoms with E-state index in [9.17, 15) is 14.4 Å². The first kappa shape index (κ1) is 20.4. The molecule has 4 rings (SSSR count). The Labute approximate surface area is 179 Å². The van der Waals surface area contributed by atoms with Gasteiger partial charge in [0.2, 0.25) is 17.7 Å². The van der Waals surface area contributed by atoms with Gasteiger partial charge in [-0.2, -0.15) is 0 Å². The van der Waals surface area contributed by atoms with Crippen molar-refractivity contribution in [3.8, 4) is 0 Å². The Bertz CT molecular complexity index is 980. The summed E-state index contributed by atoms with van der Waals surface area (Å²) < 4.78 is 0. The fraction of sp³-hybridized carbons (Fsp3) is 0.364. The normalized spacial score (nSPS) is 20.8. The molecular formula is C22H24N4O3S. The van der Waals surface area contributed by atoms with Crippen molar-refractivity contribution in [2.75, 3.05) is 23.7 Å². The van der Waals surface area contributed by atoms with E-state index in [0.29, 0.717) is 18.9 Å². The van der Waals surface area contributed by atoms with Crippen LogP contribution in [0.3, 0.4) is 0 Å². The predicted molar refractivity (Wildman–Crippen MR) is 116 cm³/mol. The second-order valence-corrected chi connectivity index (χ2v) is 8.88. The number of hydrogen-bond donors (Lipinski definition) is 2. The minimum absolute atomic E-state index is 0.0893. The molecule has 156 valence electrons. The minimum atomic E-state index is -0.460. The molecule has 2 atom stereocenters.